The smallest absolute Gasteiger partial charge is 0.298 e. The molecule has 2 aromatic heterocycles. The fraction of sp³-hybridized carbons (Fsp3) is 0.231. The van der Waals surface area contributed by atoms with Crippen LogP contribution in [0.25, 0.3) is 11.1 Å². The molecule has 1 aromatic carbocycles. The average molecular weight is 319 g/mol. The predicted octanol–water partition coefficient (Wildman–Crippen LogP) is 2.85. The number of hydrogen-bond donors (Lipinski definition) is 0. The minimum atomic E-state index is 0.390. The first-order valence-corrected chi connectivity index (χ1v) is 6.89. The second-order valence-electron chi connectivity index (χ2n) is 4.66. The molecule has 1 fully saturated rings. The van der Waals surface area contributed by atoms with Crippen molar-refractivity contribution < 1.29 is 4.42 Å². The van der Waals surface area contributed by atoms with E-state index >= 15 is 0 Å². The molecule has 1 aliphatic heterocycles. The summed E-state index contributed by atoms with van der Waals surface area (Å²) in [5, 5.41) is 4.30. The van der Waals surface area contributed by atoms with Crippen LogP contribution in [-0.2, 0) is 0 Å². The number of halogens is 1. The van der Waals surface area contributed by atoms with Crippen molar-refractivity contribution >= 4 is 33.0 Å². The van der Waals surface area contributed by atoms with Crippen molar-refractivity contribution in [2.45, 2.75) is 6.04 Å². The molecule has 96 valence electrons. The summed E-state index contributed by atoms with van der Waals surface area (Å²) in [5.74, 6) is 0. The van der Waals surface area contributed by atoms with Gasteiger partial charge in [0.15, 0.2) is 5.58 Å². The van der Waals surface area contributed by atoms with Crippen LogP contribution in [0.4, 0.5) is 6.01 Å². The molecule has 3 aromatic rings. The Bertz CT molecular complexity index is 696. The number of anilines is 1. The van der Waals surface area contributed by atoms with Gasteiger partial charge in [-0.05, 0) is 28.1 Å². The van der Waals surface area contributed by atoms with Gasteiger partial charge in [-0.1, -0.05) is 12.1 Å². The highest BCUT2D eigenvalue weighted by atomic mass is 79.9. The fourth-order valence-corrected chi connectivity index (χ4v) is 2.59. The van der Waals surface area contributed by atoms with Crippen LogP contribution >= 0.6 is 15.9 Å². The summed E-state index contributed by atoms with van der Waals surface area (Å²) < 4.78 is 8.72. The molecule has 1 saturated heterocycles. The van der Waals surface area contributed by atoms with Gasteiger partial charge in [0.05, 0.1) is 16.7 Å². The van der Waals surface area contributed by atoms with Crippen LogP contribution in [0, 0.1) is 0 Å². The highest BCUT2D eigenvalue weighted by molar-refractivity contribution is 9.10. The number of aromatic nitrogens is 3. The molecule has 6 heteroatoms. The van der Waals surface area contributed by atoms with E-state index < -0.39 is 0 Å². The maximum atomic E-state index is 5.74. The average Bonchev–Trinajstić information content (AvgIpc) is 2.93. The van der Waals surface area contributed by atoms with Crippen molar-refractivity contribution in [3.8, 4) is 0 Å². The van der Waals surface area contributed by atoms with Crippen molar-refractivity contribution in [2.75, 3.05) is 18.0 Å². The monoisotopic (exact) mass is 318 g/mol. The lowest BCUT2D eigenvalue weighted by Crippen LogP contribution is -2.48. The fourth-order valence-electron chi connectivity index (χ4n) is 2.29. The van der Waals surface area contributed by atoms with Gasteiger partial charge in [-0.2, -0.15) is 10.1 Å². The van der Waals surface area contributed by atoms with E-state index in [-0.39, 0.29) is 0 Å². The first-order chi connectivity index (χ1) is 9.29. The van der Waals surface area contributed by atoms with Crippen LogP contribution in [0.15, 0.2) is 45.5 Å². The van der Waals surface area contributed by atoms with Crippen LogP contribution in [0.5, 0.6) is 0 Å². The number of nitrogens with zero attached hydrogens (tertiary/aromatic N) is 4. The second kappa shape index (κ2) is 4.09. The molecular weight excluding hydrogens is 308 g/mol. The Hall–Kier alpha value is -1.82. The van der Waals surface area contributed by atoms with Crippen molar-refractivity contribution in [3.63, 3.8) is 0 Å². The van der Waals surface area contributed by atoms with Crippen LogP contribution in [0.2, 0.25) is 0 Å². The van der Waals surface area contributed by atoms with E-state index in [1.807, 2.05) is 41.3 Å². The Balaban J connectivity index is 1.53. The van der Waals surface area contributed by atoms with Gasteiger partial charge in [-0.3, -0.25) is 4.68 Å². The summed E-state index contributed by atoms with van der Waals surface area (Å²) in [6.45, 7) is 1.75. The maximum absolute atomic E-state index is 5.74. The molecule has 0 radical (unpaired) electrons. The summed E-state index contributed by atoms with van der Waals surface area (Å²) in [6, 6.07) is 8.91. The molecule has 0 amide bonds. The van der Waals surface area contributed by atoms with Crippen LogP contribution < -0.4 is 4.90 Å². The third kappa shape index (κ3) is 1.83. The number of benzene rings is 1. The molecule has 0 spiro atoms. The minimum Gasteiger partial charge on any atom is -0.423 e. The number of oxazole rings is 1. The molecule has 0 N–H and O–H groups in total. The predicted molar refractivity (Wildman–Crippen MR) is 75.2 cm³/mol. The van der Waals surface area contributed by atoms with E-state index in [1.165, 1.54) is 0 Å². The standard InChI is InChI=1S/C13H11BrN4O/c14-9-5-15-18(6-9)10-7-17(8-10)13-16-11-3-1-2-4-12(11)19-13/h1-6,10H,7-8H2. The summed E-state index contributed by atoms with van der Waals surface area (Å²) in [6.07, 6.45) is 3.80. The third-order valence-corrected chi connectivity index (χ3v) is 3.77. The number of rotatable bonds is 2. The van der Waals surface area contributed by atoms with Crippen molar-refractivity contribution in [3.05, 3.63) is 41.1 Å². The van der Waals surface area contributed by atoms with E-state index in [9.17, 15) is 0 Å². The van der Waals surface area contributed by atoms with Crippen molar-refractivity contribution in [1.29, 1.82) is 0 Å². The largest absolute Gasteiger partial charge is 0.423 e. The summed E-state index contributed by atoms with van der Waals surface area (Å²) in [5.41, 5.74) is 1.74. The van der Waals surface area contributed by atoms with Gasteiger partial charge in [0, 0.05) is 19.3 Å². The van der Waals surface area contributed by atoms with Crippen LogP contribution in [-0.4, -0.2) is 27.9 Å². The van der Waals surface area contributed by atoms with Gasteiger partial charge in [0.2, 0.25) is 0 Å². The second-order valence-corrected chi connectivity index (χ2v) is 5.58. The van der Waals surface area contributed by atoms with E-state index in [4.69, 9.17) is 4.42 Å². The van der Waals surface area contributed by atoms with Gasteiger partial charge in [-0.15, -0.1) is 0 Å². The number of para-hydroxylation sites is 2. The molecule has 4 rings (SSSR count). The Morgan fingerprint density at radius 1 is 1.26 bits per heavy atom. The number of fused-ring (bicyclic) bond motifs is 1. The van der Waals surface area contributed by atoms with Gasteiger partial charge < -0.3 is 9.32 Å². The summed E-state index contributed by atoms with van der Waals surface area (Å²) in [7, 11) is 0. The zero-order valence-electron chi connectivity index (χ0n) is 10.0. The molecule has 19 heavy (non-hydrogen) atoms. The van der Waals surface area contributed by atoms with Gasteiger partial charge in [0.25, 0.3) is 6.01 Å². The third-order valence-electron chi connectivity index (χ3n) is 3.36. The van der Waals surface area contributed by atoms with Crippen LogP contribution in [0.3, 0.4) is 0 Å². The van der Waals surface area contributed by atoms with Gasteiger partial charge in [0.1, 0.15) is 5.52 Å². The van der Waals surface area contributed by atoms with E-state index in [0.29, 0.717) is 12.1 Å². The highest BCUT2D eigenvalue weighted by Crippen LogP contribution is 2.29. The molecule has 0 atom stereocenters. The lowest BCUT2D eigenvalue weighted by Gasteiger charge is -2.37. The van der Waals surface area contributed by atoms with Crippen molar-refractivity contribution in [2.24, 2.45) is 0 Å². The normalized spacial score (nSPS) is 15.9. The lowest BCUT2D eigenvalue weighted by molar-refractivity contribution is 0.347. The molecule has 0 bridgehead atoms. The molecule has 0 aliphatic carbocycles. The Labute approximate surface area is 118 Å². The van der Waals surface area contributed by atoms with E-state index in [0.717, 1.165) is 28.7 Å². The SMILES string of the molecule is Brc1cnn(C2CN(c3nc4ccccc4o3)C2)c1. The Morgan fingerprint density at radius 3 is 2.84 bits per heavy atom. The molecule has 5 nitrogen and oxygen atoms in total. The molecule has 0 saturated carbocycles. The van der Waals surface area contributed by atoms with E-state index in [1.54, 1.807) is 0 Å². The lowest BCUT2D eigenvalue weighted by atomic mass is 10.1. The Kier molecular flexibility index (Phi) is 2.38. The summed E-state index contributed by atoms with van der Waals surface area (Å²) in [4.78, 5) is 6.61. The minimum absolute atomic E-state index is 0.390. The first-order valence-electron chi connectivity index (χ1n) is 6.10. The molecule has 3 heterocycles. The molecule has 0 unspecified atom stereocenters. The zero-order valence-corrected chi connectivity index (χ0v) is 11.6. The zero-order chi connectivity index (χ0) is 12.8. The molecular formula is C13H11BrN4O. The van der Waals surface area contributed by atoms with E-state index in [2.05, 4.69) is 30.9 Å². The Morgan fingerprint density at radius 2 is 2.11 bits per heavy atom. The van der Waals surface area contributed by atoms with Gasteiger partial charge >= 0.3 is 0 Å². The quantitative estimate of drug-likeness (QED) is 0.729. The first kappa shape index (κ1) is 11.0. The summed E-state index contributed by atoms with van der Waals surface area (Å²) >= 11 is 3.41. The topological polar surface area (TPSA) is 47.1 Å². The van der Waals surface area contributed by atoms with Crippen LogP contribution in [0.1, 0.15) is 6.04 Å². The van der Waals surface area contributed by atoms with Crippen molar-refractivity contribution in [1.82, 2.24) is 14.8 Å². The van der Waals surface area contributed by atoms with Gasteiger partial charge in [-0.25, -0.2) is 0 Å². The number of hydrogen-bond acceptors (Lipinski definition) is 4. The molecule has 1 aliphatic rings. The maximum Gasteiger partial charge on any atom is 0.298 e. The highest BCUT2D eigenvalue weighted by Gasteiger charge is 2.32.